The molecule has 2 N–H and O–H groups in total. The van der Waals surface area contributed by atoms with Crippen LogP contribution in [0.5, 0.6) is 0 Å². The van der Waals surface area contributed by atoms with Crippen LogP contribution in [-0.2, 0) is 13.2 Å². The molecule has 5 rings (SSSR count). The number of aromatic nitrogens is 3. The molecule has 0 atom stereocenters. The van der Waals surface area contributed by atoms with Crippen LogP contribution in [0.3, 0.4) is 0 Å². The number of fused-ring (bicyclic) bond motifs is 1. The van der Waals surface area contributed by atoms with Crippen LogP contribution in [0.25, 0.3) is 5.65 Å². The van der Waals surface area contributed by atoms with E-state index in [1.165, 1.54) is 12.1 Å². The zero-order valence-corrected chi connectivity index (χ0v) is 17.2. The summed E-state index contributed by atoms with van der Waals surface area (Å²) >= 11 is 0. The van der Waals surface area contributed by atoms with Gasteiger partial charge >= 0.3 is 12.2 Å². The molecular formula is C21H21F3N6O2. The van der Waals surface area contributed by atoms with Gasteiger partial charge in [0.25, 0.3) is 5.91 Å². The number of urea groups is 1. The first-order valence-electron chi connectivity index (χ1n) is 10.2. The number of nitrogens with zero attached hydrogens (tertiary/aromatic N) is 4. The zero-order chi connectivity index (χ0) is 22.7. The number of aryl methyl sites for hydroxylation is 1. The number of amides is 3. The van der Waals surface area contributed by atoms with Crippen LogP contribution >= 0.6 is 0 Å². The van der Waals surface area contributed by atoms with Gasteiger partial charge in [-0.15, -0.1) is 0 Å². The molecule has 3 aromatic rings. The predicted octanol–water partition coefficient (Wildman–Crippen LogP) is 3.12. The average Bonchev–Trinajstić information content (AvgIpc) is 3.25. The molecule has 1 saturated heterocycles. The Balaban J connectivity index is 1.12. The fraction of sp³-hybridized carbons (Fsp3) is 0.381. The maximum absolute atomic E-state index is 12.8. The molecule has 0 radical (unpaired) electrons. The summed E-state index contributed by atoms with van der Waals surface area (Å²) < 4.78 is 41.9. The lowest BCUT2D eigenvalue weighted by Crippen LogP contribution is -2.67. The Kier molecular flexibility index (Phi) is 4.47. The second-order valence-corrected chi connectivity index (χ2v) is 8.68. The molecule has 3 heterocycles. The minimum Gasteiger partial charge on any atom is -0.337 e. The number of hydrogen-bond acceptors (Lipinski definition) is 3. The number of halogens is 3. The highest BCUT2D eigenvalue weighted by Crippen LogP contribution is 2.48. The molecule has 1 aromatic carbocycles. The third-order valence-corrected chi connectivity index (χ3v) is 6.25. The summed E-state index contributed by atoms with van der Waals surface area (Å²) in [4.78, 5) is 26.8. The number of anilines is 1. The highest BCUT2D eigenvalue weighted by atomic mass is 19.4. The maximum Gasteiger partial charge on any atom is 0.416 e. The van der Waals surface area contributed by atoms with Crippen molar-refractivity contribution in [3.63, 3.8) is 0 Å². The Bertz CT molecular complexity index is 1200. The van der Waals surface area contributed by atoms with Gasteiger partial charge in [0, 0.05) is 49.7 Å². The summed E-state index contributed by atoms with van der Waals surface area (Å²) in [5, 5.41) is 9.45. The molecule has 1 saturated carbocycles. The van der Waals surface area contributed by atoms with Crippen molar-refractivity contribution in [1.29, 1.82) is 0 Å². The van der Waals surface area contributed by atoms with Gasteiger partial charge in [0.2, 0.25) is 0 Å². The molecule has 3 amide bonds. The Morgan fingerprint density at radius 3 is 2.66 bits per heavy atom. The van der Waals surface area contributed by atoms with Crippen LogP contribution in [0, 0.1) is 5.41 Å². The van der Waals surface area contributed by atoms with E-state index in [9.17, 15) is 22.8 Å². The van der Waals surface area contributed by atoms with E-state index in [0.29, 0.717) is 18.7 Å². The summed E-state index contributed by atoms with van der Waals surface area (Å²) in [6.07, 6.45) is 2.18. The fourth-order valence-electron chi connectivity index (χ4n) is 4.75. The van der Waals surface area contributed by atoms with Gasteiger partial charge in [0.15, 0.2) is 0 Å². The Morgan fingerprint density at radius 1 is 1.19 bits per heavy atom. The summed E-state index contributed by atoms with van der Waals surface area (Å²) in [6, 6.07) is 3.90. The van der Waals surface area contributed by atoms with Crippen LogP contribution in [0.1, 0.15) is 28.8 Å². The molecule has 1 aliphatic heterocycles. The number of rotatable bonds is 3. The lowest BCUT2D eigenvalue weighted by molar-refractivity contribution is -0.137. The molecule has 0 bridgehead atoms. The molecule has 168 valence electrons. The van der Waals surface area contributed by atoms with E-state index in [2.05, 4.69) is 15.7 Å². The van der Waals surface area contributed by atoms with Crippen molar-refractivity contribution in [3.8, 4) is 0 Å². The molecule has 2 aliphatic rings. The van der Waals surface area contributed by atoms with Gasteiger partial charge in [0.1, 0.15) is 11.2 Å². The van der Waals surface area contributed by atoms with E-state index in [1.807, 2.05) is 17.8 Å². The van der Waals surface area contributed by atoms with Gasteiger partial charge < -0.3 is 20.1 Å². The van der Waals surface area contributed by atoms with Crippen molar-refractivity contribution in [1.82, 2.24) is 24.4 Å². The van der Waals surface area contributed by atoms with Gasteiger partial charge in [-0.3, -0.25) is 4.79 Å². The first-order chi connectivity index (χ1) is 15.1. The van der Waals surface area contributed by atoms with Crippen molar-refractivity contribution >= 4 is 23.3 Å². The standard InChI is InChI=1S/C21H21F3N6O2/c1-28-5-6-30-17(28)16(10-25-30)18(31)29-11-20(12-29)8-15(9-20)27-19(32)26-14-4-2-3-13(7-14)21(22,23)24/h2-7,10,15H,8-9,11-12H2,1H3,(H2,26,27,32). The molecule has 1 spiro atoms. The van der Waals surface area contributed by atoms with Gasteiger partial charge in [-0.25, -0.2) is 9.31 Å². The summed E-state index contributed by atoms with van der Waals surface area (Å²) in [5.74, 6) is -0.0638. The predicted molar refractivity (Wildman–Crippen MR) is 109 cm³/mol. The average molecular weight is 446 g/mol. The van der Waals surface area contributed by atoms with E-state index in [0.717, 1.165) is 30.6 Å². The summed E-state index contributed by atoms with van der Waals surface area (Å²) in [7, 11) is 1.86. The topological polar surface area (TPSA) is 83.7 Å². The number of hydrogen-bond donors (Lipinski definition) is 2. The third-order valence-electron chi connectivity index (χ3n) is 6.25. The van der Waals surface area contributed by atoms with Crippen LogP contribution in [0.2, 0.25) is 0 Å². The zero-order valence-electron chi connectivity index (χ0n) is 17.2. The first kappa shape index (κ1) is 20.4. The van der Waals surface area contributed by atoms with Crippen molar-refractivity contribution in [2.24, 2.45) is 12.5 Å². The minimum atomic E-state index is -4.47. The molecule has 2 fully saturated rings. The second kappa shape index (κ2) is 7.01. The summed E-state index contributed by atoms with van der Waals surface area (Å²) in [6.45, 7) is 1.22. The Morgan fingerprint density at radius 2 is 1.94 bits per heavy atom. The fourth-order valence-corrected chi connectivity index (χ4v) is 4.75. The molecule has 11 heteroatoms. The number of carbonyl (C=O) groups excluding carboxylic acids is 2. The van der Waals surface area contributed by atoms with E-state index in [4.69, 9.17) is 0 Å². The molecular weight excluding hydrogens is 425 g/mol. The molecule has 8 nitrogen and oxygen atoms in total. The highest BCUT2D eigenvalue weighted by molar-refractivity contribution is 6.00. The van der Waals surface area contributed by atoms with Crippen LogP contribution in [-0.4, -0.2) is 50.2 Å². The van der Waals surface area contributed by atoms with Crippen molar-refractivity contribution in [2.45, 2.75) is 25.1 Å². The number of nitrogens with one attached hydrogen (secondary N) is 2. The number of alkyl halides is 3. The lowest BCUT2D eigenvalue weighted by atomic mass is 9.60. The number of benzene rings is 1. The SMILES string of the molecule is Cn1ccn2ncc(C(=O)N3CC4(CC(NC(=O)Nc5cccc(C(F)(F)F)c5)C4)C3)c12. The van der Waals surface area contributed by atoms with E-state index in [-0.39, 0.29) is 23.1 Å². The maximum atomic E-state index is 12.8. The first-order valence-corrected chi connectivity index (χ1v) is 10.2. The Labute approximate surface area is 181 Å². The number of imidazole rings is 1. The molecule has 1 aliphatic carbocycles. The van der Waals surface area contributed by atoms with E-state index >= 15 is 0 Å². The van der Waals surface area contributed by atoms with Gasteiger partial charge in [0.05, 0.1) is 11.8 Å². The largest absolute Gasteiger partial charge is 0.416 e. The van der Waals surface area contributed by atoms with Crippen molar-refractivity contribution in [2.75, 3.05) is 18.4 Å². The monoisotopic (exact) mass is 446 g/mol. The lowest BCUT2D eigenvalue weighted by Gasteiger charge is -2.58. The normalized spacial score (nSPS) is 17.8. The molecule has 32 heavy (non-hydrogen) atoms. The van der Waals surface area contributed by atoms with Crippen molar-refractivity contribution in [3.05, 3.63) is 54.0 Å². The van der Waals surface area contributed by atoms with Crippen molar-refractivity contribution < 1.29 is 22.8 Å². The number of carbonyl (C=O) groups is 2. The quantitative estimate of drug-likeness (QED) is 0.649. The third kappa shape index (κ3) is 3.47. The van der Waals surface area contributed by atoms with E-state index in [1.54, 1.807) is 21.8 Å². The van der Waals surface area contributed by atoms with Crippen LogP contribution in [0.4, 0.5) is 23.7 Å². The highest BCUT2D eigenvalue weighted by Gasteiger charge is 2.54. The molecule has 2 aromatic heterocycles. The van der Waals surface area contributed by atoms with Crippen LogP contribution in [0.15, 0.2) is 42.9 Å². The van der Waals surface area contributed by atoms with Gasteiger partial charge in [-0.2, -0.15) is 18.3 Å². The Hall–Kier alpha value is -3.50. The van der Waals surface area contributed by atoms with E-state index < -0.39 is 17.8 Å². The van der Waals surface area contributed by atoms with Gasteiger partial charge in [-0.1, -0.05) is 6.07 Å². The van der Waals surface area contributed by atoms with Crippen LogP contribution < -0.4 is 10.6 Å². The number of likely N-dealkylation sites (tertiary alicyclic amines) is 1. The molecule has 0 unspecified atom stereocenters. The smallest absolute Gasteiger partial charge is 0.337 e. The second-order valence-electron chi connectivity index (χ2n) is 8.68. The summed E-state index contributed by atoms with van der Waals surface area (Å²) in [5.41, 5.74) is 0.560. The minimum absolute atomic E-state index is 0.00963. The van der Waals surface area contributed by atoms with Gasteiger partial charge in [-0.05, 0) is 31.0 Å².